The highest BCUT2D eigenvalue weighted by atomic mass is 35.5. The molecule has 0 saturated carbocycles. The number of ether oxygens (including phenoxy) is 1. The van der Waals surface area contributed by atoms with Crippen molar-refractivity contribution in [2.75, 3.05) is 39.3 Å². The minimum atomic E-state index is -3.33. The normalized spacial score (nSPS) is 15.4. The Hall–Kier alpha value is -2.09. The Labute approximate surface area is 183 Å². The van der Waals surface area contributed by atoms with Crippen LogP contribution in [0.1, 0.15) is 24.2 Å². The molecule has 0 atom stereocenters. The van der Waals surface area contributed by atoms with E-state index >= 15 is 0 Å². The third-order valence-electron chi connectivity index (χ3n) is 5.21. The molecular formula is C22H27ClN2O4S. The van der Waals surface area contributed by atoms with E-state index < -0.39 is 15.1 Å². The van der Waals surface area contributed by atoms with E-state index in [1.54, 1.807) is 36.9 Å². The number of rotatable bonds is 7. The molecule has 3 rings (SSSR count). The molecule has 1 aliphatic rings. The fraction of sp³-hybridized carbons (Fsp3) is 0.409. The van der Waals surface area contributed by atoms with Gasteiger partial charge < -0.3 is 9.64 Å². The zero-order chi connectivity index (χ0) is 21.7. The molecule has 30 heavy (non-hydrogen) atoms. The van der Waals surface area contributed by atoms with Gasteiger partial charge in [0.15, 0.2) is 9.84 Å². The summed E-state index contributed by atoms with van der Waals surface area (Å²) < 4.78 is 30.2. The summed E-state index contributed by atoms with van der Waals surface area (Å²) >= 11 is 6.09. The molecule has 0 bridgehead atoms. The molecule has 162 valence electrons. The van der Waals surface area contributed by atoms with Crippen LogP contribution in [0.15, 0.2) is 53.4 Å². The lowest BCUT2D eigenvalue weighted by atomic mass is 10.2. The molecule has 2 aromatic carbocycles. The molecule has 0 N–H and O–H groups in total. The first-order chi connectivity index (χ1) is 14.3. The minimum Gasteiger partial charge on any atom is -0.491 e. The molecule has 1 heterocycles. The van der Waals surface area contributed by atoms with E-state index in [-0.39, 0.29) is 10.8 Å². The molecule has 1 aliphatic heterocycles. The highest BCUT2D eigenvalue weighted by molar-refractivity contribution is 7.92. The number of hydrogen-bond acceptors (Lipinski definition) is 5. The summed E-state index contributed by atoms with van der Waals surface area (Å²) in [6.45, 7) is 7.35. The minimum absolute atomic E-state index is 0.0736. The van der Waals surface area contributed by atoms with Gasteiger partial charge in [0.05, 0.1) is 15.2 Å². The fourth-order valence-corrected chi connectivity index (χ4v) is 4.51. The number of sulfone groups is 1. The Morgan fingerprint density at radius 1 is 1.03 bits per heavy atom. The van der Waals surface area contributed by atoms with E-state index in [0.717, 1.165) is 19.6 Å². The molecular weight excluding hydrogens is 424 g/mol. The van der Waals surface area contributed by atoms with E-state index in [4.69, 9.17) is 16.3 Å². The van der Waals surface area contributed by atoms with E-state index in [9.17, 15) is 13.2 Å². The predicted molar refractivity (Wildman–Crippen MR) is 118 cm³/mol. The van der Waals surface area contributed by atoms with Crippen molar-refractivity contribution < 1.29 is 17.9 Å². The van der Waals surface area contributed by atoms with Crippen LogP contribution in [0, 0.1) is 0 Å². The second-order valence-electron chi connectivity index (χ2n) is 7.53. The Balaban J connectivity index is 1.49. The number of amides is 1. The summed E-state index contributed by atoms with van der Waals surface area (Å²) in [5, 5.41) is 0.106. The second-order valence-corrected chi connectivity index (χ2v) is 10.4. The van der Waals surface area contributed by atoms with E-state index in [2.05, 4.69) is 4.90 Å². The van der Waals surface area contributed by atoms with Crippen molar-refractivity contribution in [2.45, 2.75) is 24.0 Å². The van der Waals surface area contributed by atoms with Gasteiger partial charge in [0.25, 0.3) is 5.91 Å². The predicted octanol–water partition coefficient (Wildman–Crippen LogP) is 3.36. The van der Waals surface area contributed by atoms with Gasteiger partial charge in [0, 0.05) is 38.3 Å². The molecule has 0 spiro atoms. The van der Waals surface area contributed by atoms with Crippen molar-refractivity contribution in [1.82, 2.24) is 9.80 Å². The van der Waals surface area contributed by atoms with Gasteiger partial charge >= 0.3 is 0 Å². The summed E-state index contributed by atoms with van der Waals surface area (Å²) in [5.74, 6) is 0.603. The summed E-state index contributed by atoms with van der Waals surface area (Å²) in [5.41, 5.74) is 0.508. The van der Waals surface area contributed by atoms with Crippen LogP contribution >= 0.6 is 11.6 Å². The fourth-order valence-electron chi connectivity index (χ4n) is 3.26. The first kappa shape index (κ1) is 22.6. The third-order valence-corrected chi connectivity index (χ3v) is 7.69. The van der Waals surface area contributed by atoms with Crippen molar-refractivity contribution in [3.8, 4) is 5.75 Å². The van der Waals surface area contributed by atoms with Crippen molar-refractivity contribution >= 4 is 27.3 Å². The van der Waals surface area contributed by atoms with Crippen LogP contribution in [0.3, 0.4) is 0 Å². The molecule has 0 unspecified atom stereocenters. The molecule has 2 aromatic rings. The van der Waals surface area contributed by atoms with Gasteiger partial charge in [-0.3, -0.25) is 9.69 Å². The summed E-state index contributed by atoms with van der Waals surface area (Å²) in [4.78, 5) is 17.1. The monoisotopic (exact) mass is 450 g/mol. The van der Waals surface area contributed by atoms with Crippen LogP contribution < -0.4 is 4.74 Å². The molecule has 1 amide bonds. The van der Waals surface area contributed by atoms with Crippen molar-refractivity contribution in [3.63, 3.8) is 0 Å². The van der Waals surface area contributed by atoms with Crippen LogP contribution in [-0.4, -0.2) is 68.7 Å². The van der Waals surface area contributed by atoms with Crippen LogP contribution in [0.2, 0.25) is 5.02 Å². The maximum Gasteiger partial charge on any atom is 0.253 e. The second kappa shape index (κ2) is 9.81. The van der Waals surface area contributed by atoms with Crippen LogP contribution in [-0.2, 0) is 9.84 Å². The summed E-state index contributed by atoms with van der Waals surface area (Å²) in [7, 11) is -3.33. The first-order valence-electron chi connectivity index (χ1n) is 10.0. The Bertz CT molecular complexity index is 969. The van der Waals surface area contributed by atoms with Crippen LogP contribution in [0.4, 0.5) is 0 Å². The van der Waals surface area contributed by atoms with Crippen LogP contribution in [0.5, 0.6) is 5.75 Å². The first-order valence-corrected chi connectivity index (χ1v) is 11.9. The van der Waals surface area contributed by atoms with Gasteiger partial charge in [0.2, 0.25) is 0 Å². The molecule has 0 aromatic heterocycles. The van der Waals surface area contributed by atoms with Gasteiger partial charge in [-0.1, -0.05) is 23.7 Å². The highest BCUT2D eigenvalue weighted by Gasteiger charge is 2.23. The highest BCUT2D eigenvalue weighted by Crippen LogP contribution is 2.23. The lowest BCUT2D eigenvalue weighted by molar-refractivity contribution is 0.0620. The number of benzene rings is 2. The number of piperazine rings is 1. The van der Waals surface area contributed by atoms with Gasteiger partial charge in [0.1, 0.15) is 12.4 Å². The lowest BCUT2D eigenvalue weighted by Crippen LogP contribution is -2.49. The smallest absolute Gasteiger partial charge is 0.253 e. The maximum atomic E-state index is 12.8. The molecule has 0 radical (unpaired) electrons. The SMILES string of the molecule is CC(C)S(=O)(=O)c1ccc(C(=O)N2CCN(CCOc3ccccc3Cl)CC2)cc1. The number of carbonyl (C=O) groups excluding carboxylic acids is 1. The quantitative estimate of drug-likeness (QED) is 0.647. The van der Waals surface area contributed by atoms with Gasteiger partial charge in [-0.2, -0.15) is 0 Å². The molecule has 6 nitrogen and oxygen atoms in total. The van der Waals surface area contributed by atoms with E-state index in [0.29, 0.717) is 36.0 Å². The topological polar surface area (TPSA) is 66.9 Å². The number of halogens is 1. The average Bonchev–Trinajstić information content (AvgIpc) is 2.75. The average molecular weight is 451 g/mol. The molecule has 0 aliphatic carbocycles. The number of nitrogens with zero attached hydrogens (tertiary/aromatic N) is 2. The summed E-state index contributed by atoms with van der Waals surface area (Å²) in [6.07, 6.45) is 0. The van der Waals surface area contributed by atoms with Crippen molar-refractivity contribution in [2.24, 2.45) is 0 Å². The largest absolute Gasteiger partial charge is 0.491 e. The third kappa shape index (κ3) is 5.33. The Morgan fingerprint density at radius 3 is 2.27 bits per heavy atom. The Kier molecular flexibility index (Phi) is 7.39. The zero-order valence-corrected chi connectivity index (χ0v) is 18.8. The Morgan fingerprint density at radius 2 is 1.67 bits per heavy atom. The number of carbonyl (C=O) groups is 1. The standard InChI is InChI=1S/C22H27ClN2O4S/c1-17(2)30(27,28)19-9-7-18(8-10-19)22(26)25-13-11-24(12-14-25)15-16-29-21-6-4-3-5-20(21)23/h3-10,17H,11-16H2,1-2H3. The number of para-hydroxylation sites is 1. The zero-order valence-electron chi connectivity index (χ0n) is 17.3. The lowest BCUT2D eigenvalue weighted by Gasteiger charge is -2.34. The summed E-state index contributed by atoms with van der Waals surface area (Å²) in [6, 6.07) is 13.6. The van der Waals surface area contributed by atoms with E-state index in [1.165, 1.54) is 12.1 Å². The van der Waals surface area contributed by atoms with Gasteiger partial charge in [-0.25, -0.2) is 8.42 Å². The van der Waals surface area contributed by atoms with Crippen LogP contribution in [0.25, 0.3) is 0 Å². The maximum absolute atomic E-state index is 12.8. The molecule has 8 heteroatoms. The van der Waals surface area contributed by atoms with Crippen molar-refractivity contribution in [3.05, 3.63) is 59.1 Å². The number of hydrogen-bond donors (Lipinski definition) is 0. The van der Waals surface area contributed by atoms with Gasteiger partial charge in [-0.15, -0.1) is 0 Å². The molecule has 1 saturated heterocycles. The molecule has 1 fully saturated rings. The van der Waals surface area contributed by atoms with Gasteiger partial charge in [-0.05, 0) is 50.2 Å². The van der Waals surface area contributed by atoms with E-state index in [1.807, 2.05) is 18.2 Å². The van der Waals surface area contributed by atoms with Crippen molar-refractivity contribution in [1.29, 1.82) is 0 Å².